The van der Waals surface area contributed by atoms with Crippen molar-refractivity contribution in [1.82, 2.24) is 10.3 Å². The first kappa shape index (κ1) is 18.0. The second-order valence-electron chi connectivity index (χ2n) is 6.43. The van der Waals surface area contributed by atoms with Crippen molar-refractivity contribution in [2.75, 3.05) is 19.0 Å². The van der Waals surface area contributed by atoms with Crippen LogP contribution in [0.4, 0.5) is 11.4 Å². The molecule has 0 saturated heterocycles. The Bertz CT molecular complexity index is 786. The summed E-state index contributed by atoms with van der Waals surface area (Å²) in [6, 6.07) is 9.43. The third-order valence-electron chi connectivity index (χ3n) is 4.48. The van der Waals surface area contributed by atoms with Gasteiger partial charge in [-0.25, -0.2) is 0 Å². The van der Waals surface area contributed by atoms with Gasteiger partial charge in [-0.2, -0.15) is 0 Å². The fourth-order valence-corrected chi connectivity index (χ4v) is 3.07. The molecular formula is C21H25N3O2. The van der Waals surface area contributed by atoms with Crippen molar-refractivity contribution in [3.63, 3.8) is 0 Å². The Labute approximate surface area is 154 Å². The smallest absolute Gasteiger partial charge is 0.252 e. The maximum absolute atomic E-state index is 12.4. The topological polar surface area (TPSA) is 63.2 Å². The zero-order chi connectivity index (χ0) is 18.2. The van der Waals surface area contributed by atoms with E-state index >= 15 is 0 Å². The molecule has 0 bridgehead atoms. The Morgan fingerprint density at radius 2 is 2.12 bits per heavy atom. The van der Waals surface area contributed by atoms with Crippen molar-refractivity contribution in [3.8, 4) is 5.75 Å². The van der Waals surface area contributed by atoms with Crippen molar-refractivity contribution in [2.24, 2.45) is 0 Å². The summed E-state index contributed by atoms with van der Waals surface area (Å²) in [5.74, 6) is 0.678. The van der Waals surface area contributed by atoms with Crippen LogP contribution in [0.5, 0.6) is 5.75 Å². The van der Waals surface area contributed by atoms with Crippen LogP contribution in [-0.4, -0.2) is 24.5 Å². The van der Waals surface area contributed by atoms with Gasteiger partial charge in [0.2, 0.25) is 0 Å². The summed E-state index contributed by atoms with van der Waals surface area (Å²) in [7, 11) is 1.63. The molecule has 0 atom stereocenters. The van der Waals surface area contributed by atoms with Crippen LogP contribution in [0, 0.1) is 0 Å². The molecule has 2 aromatic rings. The predicted molar refractivity (Wildman–Crippen MR) is 104 cm³/mol. The number of hydrogen-bond donors (Lipinski definition) is 2. The highest BCUT2D eigenvalue weighted by atomic mass is 16.5. The number of anilines is 2. The molecular weight excluding hydrogens is 326 g/mol. The highest BCUT2D eigenvalue weighted by Crippen LogP contribution is 2.22. The molecule has 0 spiro atoms. The van der Waals surface area contributed by atoms with Crippen molar-refractivity contribution in [2.45, 2.75) is 32.1 Å². The number of methoxy groups -OCH3 is 1. The summed E-state index contributed by atoms with van der Waals surface area (Å²) in [5, 5.41) is 6.24. The second-order valence-corrected chi connectivity index (χ2v) is 6.43. The van der Waals surface area contributed by atoms with Gasteiger partial charge in [0.05, 0.1) is 24.6 Å². The molecule has 26 heavy (non-hydrogen) atoms. The molecule has 0 fully saturated rings. The number of ether oxygens (including phenoxy) is 1. The van der Waals surface area contributed by atoms with E-state index in [0.29, 0.717) is 12.1 Å². The predicted octanol–water partition coefficient (Wildman–Crippen LogP) is 4.45. The number of nitrogens with one attached hydrogen (secondary N) is 2. The zero-order valence-corrected chi connectivity index (χ0v) is 15.1. The van der Waals surface area contributed by atoms with E-state index in [2.05, 4.69) is 21.7 Å². The second kappa shape index (κ2) is 9.04. The summed E-state index contributed by atoms with van der Waals surface area (Å²) in [6.45, 7) is 0.665. The van der Waals surface area contributed by atoms with Crippen LogP contribution in [0.2, 0.25) is 0 Å². The van der Waals surface area contributed by atoms with Crippen molar-refractivity contribution < 1.29 is 9.53 Å². The summed E-state index contributed by atoms with van der Waals surface area (Å²) >= 11 is 0. The van der Waals surface area contributed by atoms with Crippen LogP contribution in [0.3, 0.4) is 0 Å². The molecule has 2 N–H and O–H groups in total. The van der Waals surface area contributed by atoms with Gasteiger partial charge in [0.15, 0.2) is 0 Å². The molecule has 3 rings (SSSR count). The van der Waals surface area contributed by atoms with E-state index in [1.807, 2.05) is 30.3 Å². The Hall–Kier alpha value is -2.82. The van der Waals surface area contributed by atoms with Gasteiger partial charge < -0.3 is 15.4 Å². The van der Waals surface area contributed by atoms with Gasteiger partial charge in [-0.05, 0) is 50.3 Å². The molecule has 1 heterocycles. The zero-order valence-electron chi connectivity index (χ0n) is 15.1. The lowest BCUT2D eigenvalue weighted by Crippen LogP contribution is -2.25. The fraction of sp³-hybridized carbons (Fsp3) is 0.333. The number of carbonyl (C=O) groups is 1. The molecule has 0 aliphatic heterocycles. The van der Waals surface area contributed by atoms with Gasteiger partial charge in [0.1, 0.15) is 5.75 Å². The first-order valence-corrected chi connectivity index (χ1v) is 9.07. The molecule has 1 aliphatic carbocycles. The molecule has 136 valence electrons. The molecule has 1 aliphatic rings. The first-order chi connectivity index (χ1) is 12.7. The number of aromatic nitrogens is 1. The Balaban J connectivity index is 1.57. The van der Waals surface area contributed by atoms with Gasteiger partial charge >= 0.3 is 0 Å². The molecule has 5 nitrogen and oxygen atoms in total. The van der Waals surface area contributed by atoms with Crippen LogP contribution in [0.25, 0.3) is 0 Å². The monoisotopic (exact) mass is 351 g/mol. The van der Waals surface area contributed by atoms with Gasteiger partial charge in [0, 0.05) is 24.5 Å². The van der Waals surface area contributed by atoms with E-state index < -0.39 is 0 Å². The first-order valence-electron chi connectivity index (χ1n) is 9.07. The maximum atomic E-state index is 12.4. The number of benzene rings is 1. The molecule has 0 saturated carbocycles. The molecule has 0 unspecified atom stereocenters. The summed E-state index contributed by atoms with van der Waals surface area (Å²) in [4.78, 5) is 16.5. The Morgan fingerprint density at radius 3 is 2.92 bits per heavy atom. The lowest BCUT2D eigenvalue weighted by Gasteiger charge is -2.13. The molecule has 0 radical (unpaired) electrons. The van der Waals surface area contributed by atoms with E-state index in [9.17, 15) is 4.79 Å². The van der Waals surface area contributed by atoms with E-state index in [1.165, 1.54) is 24.8 Å². The van der Waals surface area contributed by atoms with Gasteiger partial charge in [0.25, 0.3) is 5.91 Å². The number of carbonyl (C=O) groups excluding carboxylic acids is 1. The SMILES string of the molecule is COc1cccc(Nc2cncc(C(=O)NCCC3=CCCCC3)c2)c1. The summed E-state index contributed by atoms with van der Waals surface area (Å²) in [5.41, 5.74) is 3.66. The van der Waals surface area contributed by atoms with Gasteiger partial charge in [-0.3, -0.25) is 9.78 Å². The van der Waals surface area contributed by atoms with Crippen LogP contribution in [-0.2, 0) is 0 Å². The lowest BCUT2D eigenvalue weighted by molar-refractivity contribution is 0.0953. The van der Waals surface area contributed by atoms with Crippen LogP contribution >= 0.6 is 0 Å². The van der Waals surface area contributed by atoms with Crippen LogP contribution in [0.1, 0.15) is 42.5 Å². The average Bonchev–Trinajstić information content (AvgIpc) is 2.69. The Kier molecular flexibility index (Phi) is 6.25. The number of allylic oxidation sites excluding steroid dienone is 1. The van der Waals surface area contributed by atoms with E-state index in [1.54, 1.807) is 19.5 Å². The summed E-state index contributed by atoms with van der Waals surface area (Å²) < 4.78 is 5.22. The standard InChI is InChI=1S/C21H25N3O2/c1-26-20-9-5-8-18(13-20)24-19-12-17(14-22-15-19)21(25)23-11-10-16-6-3-2-4-7-16/h5-6,8-9,12-15,24H,2-4,7,10-11H2,1H3,(H,23,25). The third-order valence-corrected chi connectivity index (χ3v) is 4.48. The number of nitrogens with zero attached hydrogens (tertiary/aromatic N) is 1. The van der Waals surface area contributed by atoms with Gasteiger partial charge in [-0.1, -0.05) is 17.7 Å². The van der Waals surface area contributed by atoms with Crippen LogP contribution < -0.4 is 15.4 Å². The molecule has 1 aromatic carbocycles. The van der Waals surface area contributed by atoms with Crippen molar-refractivity contribution in [1.29, 1.82) is 0 Å². The normalized spacial score (nSPS) is 13.7. The van der Waals surface area contributed by atoms with Crippen molar-refractivity contribution >= 4 is 17.3 Å². The lowest BCUT2D eigenvalue weighted by atomic mass is 9.97. The molecule has 1 amide bonds. The highest BCUT2D eigenvalue weighted by molar-refractivity contribution is 5.94. The largest absolute Gasteiger partial charge is 0.497 e. The highest BCUT2D eigenvalue weighted by Gasteiger charge is 2.08. The van der Waals surface area contributed by atoms with E-state index in [4.69, 9.17) is 4.74 Å². The number of pyridine rings is 1. The minimum atomic E-state index is -0.0943. The third kappa shape index (κ3) is 5.09. The molecule has 1 aromatic heterocycles. The van der Waals surface area contributed by atoms with Gasteiger partial charge in [-0.15, -0.1) is 0 Å². The quantitative estimate of drug-likeness (QED) is 0.723. The van der Waals surface area contributed by atoms with Crippen LogP contribution in [0.15, 0.2) is 54.4 Å². The fourth-order valence-electron chi connectivity index (χ4n) is 3.07. The number of amides is 1. The summed E-state index contributed by atoms with van der Waals surface area (Å²) in [6.07, 6.45) is 11.4. The molecule has 5 heteroatoms. The maximum Gasteiger partial charge on any atom is 0.252 e. The average molecular weight is 351 g/mol. The number of hydrogen-bond acceptors (Lipinski definition) is 4. The minimum absolute atomic E-state index is 0.0943. The Morgan fingerprint density at radius 1 is 1.19 bits per heavy atom. The van der Waals surface area contributed by atoms with E-state index in [0.717, 1.165) is 30.0 Å². The van der Waals surface area contributed by atoms with E-state index in [-0.39, 0.29) is 5.91 Å². The van der Waals surface area contributed by atoms with Crippen molar-refractivity contribution in [3.05, 3.63) is 59.9 Å². The number of rotatable bonds is 7. The minimum Gasteiger partial charge on any atom is -0.497 e.